The Kier molecular flexibility index (Phi) is 5.62. The number of carbonyl (C=O) groups excluding carboxylic acids is 1. The van der Waals surface area contributed by atoms with Crippen molar-refractivity contribution in [2.24, 2.45) is 0 Å². The number of aliphatic hydroxyl groups excluding tert-OH is 1. The summed E-state index contributed by atoms with van der Waals surface area (Å²) in [5.41, 5.74) is -0.106. The second-order valence-corrected chi connectivity index (χ2v) is 2.57. The number of hydrogen-bond acceptors (Lipinski definition) is 2. The Hall–Kier alpha value is -1.36. The van der Waals surface area contributed by atoms with Crippen molar-refractivity contribution in [1.82, 2.24) is 0 Å². The molecule has 0 radical (unpaired) electrons. The van der Waals surface area contributed by atoms with E-state index in [9.17, 15) is 18.0 Å². The predicted octanol–water partition coefficient (Wildman–Crippen LogP) is 2.06. The number of rotatable bonds is 2. The minimum atomic E-state index is -4.31. The molecule has 2 nitrogen and oxygen atoms in total. The fourth-order valence-corrected chi connectivity index (χ4v) is 0.926. The van der Waals surface area contributed by atoms with Gasteiger partial charge in [-0.15, -0.1) is 0 Å². The zero-order valence-corrected chi connectivity index (χ0v) is 8.08. The van der Waals surface area contributed by atoms with E-state index in [-0.39, 0.29) is 6.42 Å². The van der Waals surface area contributed by atoms with Crippen molar-refractivity contribution >= 4 is 6.29 Å². The van der Waals surface area contributed by atoms with Crippen LogP contribution in [0.2, 0.25) is 0 Å². The fraction of sp³-hybridized carbons (Fsp3) is 0.300. The van der Waals surface area contributed by atoms with Crippen molar-refractivity contribution in [3.05, 3.63) is 35.4 Å². The third-order valence-electron chi connectivity index (χ3n) is 1.60. The highest BCUT2D eigenvalue weighted by molar-refractivity contribution is 5.54. The summed E-state index contributed by atoms with van der Waals surface area (Å²) >= 11 is 0. The quantitative estimate of drug-likeness (QED) is 0.774. The third kappa shape index (κ3) is 4.60. The molecule has 0 amide bonds. The summed E-state index contributed by atoms with van der Waals surface area (Å²) in [4.78, 5) is 10.0. The van der Waals surface area contributed by atoms with E-state index in [0.29, 0.717) is 11.8 Å². The maximum Gasteiger partial charge on any atom is 0.416 e. The SMILES string of the molecule is CO.O=CCc1ccc(C(F)(F)F)cc1. The van der Waals surface area contributed by atoms with Crippen molar-refractivity contribution in [3.63, 3.8) is 0 Å². The standard InChI is InChI=1S/C9H7F3O.CH4O/c10-9(11,12)8-3-1-7(2-4-8)5-6-13;1-2/h1-4,6H,5H2;2H,1H3. The lowest BCUT2D eigenvalue weighted by Crippen LogP contribution is -2.04. The molecule has 84 valence electrons. The van der Waals surface area contributed by atoms with E-state index >= 15 is 0 Å². The molecule has 0 unspecified atom stereocenters. The van der Waals surface area contributed by atoms with Gasteiger partial charge in [0, 0.05) is 13.5 Å². The van der Waals surface area contributed by atoms with Crippen molar-refractivity contribution in [3.8, 4) is 0 Å². The number of aldehydes is 1. The van der Waals surface area contributed by atoms with Gasteiger partial charge in [-0.2, -0.15) is 13.2 Å². The van der Waals surface area contributed by atoms with E-state index in [1.54, 1.807) is 0 Å². The molecule has 1 aromatic carbocycles. The Morgan fingerprint density at radius 2 is 1.67 bits per heavy atom. The largest absolute Gasteiger partial charge is 0.416 e. The minimum absolute atomic E-state index is 0.151. The maximum atomic E-state index is 12.0. The van der Waals surface area contributed by atoms with Gasteiger partial charge in [-0.05, 0) is 17.7 Å². The monoisotopic (exact) mass is 220 g/mol. The molecule has 0 saturated carbocycles. The smallest absolute Gasteiger partial charge is 0.400 e. The molecule has 0 aliphatic carbocycles. The lowest BCUT2D eigenvalue weighted by molar-refractivity contribution is -0.137. The van der Waals surface area contributed by atoms with Crippen molar-refractivity contribution in [2.45, 2.75) is 12.6 Å². The van der Waals surface area contributed by atoms with Crippen molar-refractivity contribution in [2.75, 3.05) is 7.11 Å². The molecule has 0 atom stereocenters. The summed E-state index contributed by atoms with van der Waals surface area (Å²) in [6, 6.07) is 4.55. The van der Waals surface area contributed by atoms with Crippen LogP contribution < -0.4 is 0 Å². The molecule has 0 aliphatic rings. The molecule has 0 heterocycles. The van der Waals surface area contributed by atoms with Crippen LogP contribution in [0.25, 0.3) is 0 Å². The highest BCUT2D eigenvalue weighted by Gasteiger charge is 2.29. The average molecular weight is 220 g/mol. The summed E-state index contributed by atoms with van der Waals surface area (Å²) in [6.07, 6.45) is -3.50. The zero-order chi connectivity index (χ0) is 11.9. The van der Waals surface area contributed by atoms with Crippen LogP contribution in [0.4, 0.5) is 13.2 Å². The molecule has 5 heteroatoms. The van der Waals surface area contributed by atoms with Gasteiger partial charge >= 0.3 is 6.18 Å². The van der Waals surface area contributed by atoms with Crippen LogP contribution in [0, 0.1) is 0 Å². The number of halogens is 3. The Morgan fingerprint density at radius 3 is 2.00 bits per heavy atom. The lowest BCUT2D eigenvalue weighted by Gasteiger charge is -2.05. The molecular weight excluding hydrogens is 209 g/mol. The highest BCUT2D eigenvalue weighted by Crippen LogP contribution is 2.28. The first-order valence-corrected chi connectivity index (χ1v) is 4.08. The van der Waals surface area contributed by atoms with Gasteiger partial charge < -0.3 is 9.90 Å². The normalized spacial score (nSPS) is 10.2. The lowest BCUT2D eigenvalue weighted by atomic mass is 10.1. The molecule has 1 rings (SSSR count). The molecule has 0 aromatic heterocycles. The van der Waals surface area contributed by atoms with Gasteiger partial charge in [0.25, 0.3) is 0 Å². The Morgan fingerprint density at radius 1 is 1.20 bits per heavy atom. The van der Waals surface area contributed by atoms with Crippen LogP contribution in [0.15, 0.2) is 24.3 Å². The van der Waals surface area contributed by atoms with Crippen LogP contribution in [0.1, 0.15) is 11.1 Å². The fourth-order valence-electron chi connectivity index (χ4n) is 0.926. The highest BCUT2D eigenvalue weighted by atomic mass is 19.4. The van der Waals surface area contributed by atoms with Crippen molar-refractivity contribution in [1.29, 1.82) is 0 Å². The molecule has 0 spiro atoms. The van der Waals surface area contributed by atoms with E-state index in [4.69, 9.17) is 5.11 Å². The van der Waals surface area contributed by atoms with Gasteiger partial charge in [0.05, 0.1) is 5.56 Å². The summed E-state index contributed by atoms with van der Waals surface area (Å²) in [5, 5.41) is 7.00. The second kappa shape index (κ2) is 6.19. The van der Waals surface area contributed by atoms with Gasteiger partial charge in [0.1, 0.15) is 6.29 Å². The van der Waals surface area contributed by atoms with Gasteiger partial charge in [-0.1, -0.05) is 12.1 Å². The first-order valence-electron chi connectivity index (χ1n) is 4.08. The summed E-state index contributed by atoms with van der Waals surface area (Å²) in [6.45, 7) is 0. The first kappa shape index (κ1) is 13.6. The number of benzene rings is 1. The number of aliphatic hydroxyl groups is 1. The minimum Gasteiger partial charge on any atom is -0.400 e. The van der Waals surface area contributed by atoms with Crippen molar-refractivity contribution < 1.29 is 23.1 Å². The molecule has 0 saturated heterocycles. The van der Waals surface area contributed by atoms with Gasteiger partial charge in [-0.3, -0.25) is 0 Å². The van der Waals surface area contributed by atoms with E-state index in [2.05, 4.69) is 0 Å². The van der Waals surface area contributed by atoms with Crippen LogP contribution in [0.5, 0.6) is 0 Å². The zero-order valence-electron chi connectivity index (χ0n) is 8.08. The van der Waals surface area contributed by atoms with E-state index in [0.717, 1.165) is 19.2 Å². The number of alkyl halides is 3. The van der Waals surface area contributed by atoms with Crippen LogP contribution in [-0.2, 0) is 17.4 Å². The van der Waals surface area contributed by atoms with E-state index in [1.165, 1.54) is 12.1 Å². The first-order chi connectivity index (χ1) is 7.04. The molecule has 1 aromatic rings. The summed E-state index contributed by atoms with van der Waals surface area (Å²) in [7, 11) is 1.00. The second-order valence-electron chi connectivity index (χ2n) is 2.57. The molecule has 0 bridgehead atoms. The molecule has 15 heavy (non-hydrogen) atoms. The van der Waals surface area contributed by atoms with Gasteiger partial charge in [0.15, 0.2) is 0 Å². The van der Waals surface area contributed by atoms with Crippen LogP contribution >= 0.6 is 0 Å². The van der Waals surface area contributed by atoms with Gasteiger partial charge in [0.2, 0.25) is 0 Å². The molecule has 0 fully saturated rings. The summed E-state index contributed by atoms with van der Waals surface area (Å²) in [5.74, 6) is 0. The predicted molar refractivity (Wildman–Crippen MR) is 49.4 cm³/mol. The Bertz CT molecular complexity index is 291. The molecular formula is C10H11F3O2. The van der Waals surface area contributed by atoms with E-state index in [1.807, 2.05) is 0 Å². The van der Waals surface area contributed by atoms with Gasteiger partial charge in [-0.25, -0.2) is 0 Å². The van der Waals surface area contributed by atoms with Crippen LogP contribution in [0.3, 0.4) is 0 Å². The topological polar surface area (TPSA) is 37.3 Å². The maximum absolute atomic E-state index is 12.0. The Balaban J connectivity index is 0.000000921. The average Bonchev–Trinajstić information content (AvgIpc) is 2.21. The number of carbonyl (C=O) groups is 1. The summed E-state index contributed by atoms with van der Waals surface area (Å²) < 4.78 is 36.1. The molecule has 0 aliphatic heterocycles. The van der Waals surface area contributed by atoms with Crippen LogP contribution in [-0.4, -0.2) is 18.5 Å². The number of hydrogen-bond donors (Lipinski definition) is 1. The third-order valence-corrected chi connectivity index (χ3v) is 1.60. The Labute approximate surface area is 85.3 Å². The van der Waals surface area contributed by atoms with E-state index < -0.39 is 11.7 Å². The molecule has 1 N–H and O–H groups in total.